The maximum Gasteiger partial charge on any atom is 0.407 e. The summed E-state index contributed by atoms with van der Waals surface area (Å²) in [6.45, 7) is 3.35. The van der Waals surface area contributed by atoms with Crippen molar-refractivity contribution in [1.82, 2.24) is 15.5 Å². The van der Waals surface area contributed by atoms with Gasteiger partial charge in [-0.05, 0) is 18.8 Å². The van der Waals surface area contributed by atoms with E-state index in [9.17, 15) is 9.59 Å². The number of halogens is 1. The average molecular weight is 355 g/mol. The van der Waals surface area contributed by atoms with Crippen molar-refractivity contribution in [2.45, 2.75) is 51.2 Å². The van der Waals surface area contributed by atoms with Crippen LogP contribution in [-0.4, -0.2) is 41.5 Å². The first-order valence-electron chi connectivity index (χ1n) is 8.50. The Morgan fingerprint density at radius 1 is 1.42 bits per heavy atom. The summed E-state index contributed by atoms with van der Waals surface area (Å²) in [4.78, 5) is 25.6. The van der Waals surface area contributed by atoms with Crippen molar-refractivity contribution in [2.24, 2.45) is 5.92 Å². The first-order valence-corrected chi connectivity index (χ1v) is 8.87. The smallest absolute Gasteiger partial charge is 0.407 e. The first-order chi connectivity index (χ1) is 11.5. The third-order valence-corrected chi connectivity index (χ3v) is 5.32. The molecule has 0 radical (unpaired) electrons. The van der Waals surface area contributed by atoms with Gasteiger partial charge in [0.25, 0.3) is 5.56 Å². The Morgan fingerprint density at radius 2 is 2.21 bits per heavy atom. The van der Waals surface area contributed by atoms with Gasteiger partial charge in [0.15, 0.2) is 0 Å². The number of hydrogen-bond acceptors (Lipinski definition) is 5. The van der Waals surface area contributed by atoms with Gasteiger partial charge < -0.3 is 15.0 Å². The number of amides is 1. The Hall–Kier alpha value is -1.76. The van der Waals surface area contributed by atoms with E-state index in [1.165, 1.54) is 12.6 Å². The second kappa shape index (κ2) is 7.42. The highest BCUT2D eigenvalue weighted by Crippen LogP contribution is 2.26. The Morgan fingerprint density at radius 3 is 3.00 bits per heavy atom. The third-order valence-electron chi connectivity index (χ3n) is 4.95. The molecule has 1 aliphatic carbocycles. The van der Waals surface area contributed by atoms with Crippen molar-refractivity contribution < 1.29 is 9.53 Å². The summed E-state index contributed by atoms with van der Waals surface area (Å²) in [6, 6.07) is 0.204. The first kappa shape index (κ1) is 17.1. The highest BCUT2D eigenvalue weighted by Gasteiger charge is 2.29. The molecule has 0 bridgehead atoms. The fraction of sp³-hybridized carbons (Fsp3) is 0.688. The van der Waals surface area contributed by atoms with Gasteiger partial charge >= 0.3 is 6.09 Å². The van der Waals surface area contributed by atoms with Crippen molar-refractivity contribution in [2.75, 3.05) is 18.0 Å². The summed E-state index contributed by atoms with van der Waals surface area (Å²) in [5.74, 6) is 0.493. The van der Waals surface area contributed by atoms with E-state index in [1.54, 1.807) is 0 Å². The molecular weight excluding hydrogens is 332 g/mol. The molecule has 3 rings (SSSR count). The Balaban J connectivity index is 1.53. The molecule has 3 atom stereocenters. The summed E-state index contributed by atoms with van der Waals surface area (Å²) >= 11 is 6.03. The molecule has 1 aromatic heterocycles. The molecule has 24 heavy (non-hydrogen) atoms. The largest absolute Gasteiger partial charge is 0.444 e. The van der Waals surface area contributed by atoms with Crippen LogP contribution in [-0.2, 0) is 4.74 Å². The Labute approximate surface area is 145 Å². The number of rotatable bonds is 3. The van der Waals surface area contributed by atoms with Crippen molar-refractivity contribution in [3.63, 3.8) is 0 Å². The molecule has 1 saturated carbocycles. The minimum atomic E-state index is -0.414. The van der Waals surface area contributed by atoms with Gasteiger partial charge in [-0.2, -0.15) is 5.10 Å². The van der Waals surface area contributed by atoms with Crippen LogP contribution in [0.5, 0.6) is 0 Å². The van der Waals surface area contributed by atoms with Crippen LogP contribution in [0.25, 0.3) is 0 Å². The quantitative estimate of drug-likeness (QED) is 0.869. The molecule has 2 heterocycles. The van der Waals surface area contributed by atoms with Crippen molar-refractivity contribution >= 4 is 23.4 Å². The van der Waals surface area contributed by atoms with E-state index >= 15 is 0 Å². The zero-order chi connectivity index (χ0) is 17.1. The normalized spacial score (nSPS) is 27.1. The maximum absolute atomic E-state index is 12.1. The monoisotopic (exact) mass is 354 g/mol. The molecule has 0 spiro atoms. The predicted molar refractivity (Wildman–Crippen MR) is 91.5 cm³/mol. The number of H-pyrrole nitrogens is 1. The number of alkyl carbamates (subject to hydrolysis) is 1. The molecule has 1 amide bonds. The fourth-order valence-electron chi connectivity index (χ4n) is 3.51. The number of ether oxygens (including phenoxy) is 1. The van der Waals surface area contributed by atoms with Crippen LogP contribution < -0.4 is 15.8 Å². The molecule has 2 fully saturated rings. The highest BCUT2D eigenvalue weighted by molar-refractivity contribution is 6.33. The molecule has 0 unspecified atom stereocenters. The summed E-state index contributed by atoms with van der Waals surface area (Å²) in [7, 11) is 0. The van der Waals surface area contributed by atoms with Gasteiger partial charge in [-0.1, -0.05) is 31.4 Å². The lowest BCUT2D eigenvalue weighted by atomic mass is 9.86. The summed E-state index contributed by atoms with van der Waals surface area (Å²) in [5, 5.41) is 9.19. The Kier molecular flexibility index (Phi) is 5.28. The van der Waals surface area contributed by atoms with Crippen LogP contribution in [0.1, 0.15) is 39.0 Å². The van der Waals surface area contributed by atoms with Gasteiger partial charge in [0.2, 0.25) is 0 Å². The number of nitrogens with zero attached hydrogens (tertiary/aromatic N) is 2. The number of nitrogens with one attached hydrogen (secondary N) is 2. The summed E-state index contributed by atoms with van der Waals surface area (Å²) in [5.41, 5.74) is 0.162. The predicted octanol–water partition coefficient (Wildman–Crippen LogP) is 2.31. The lowest BCUT2D eigenvalue weighted by Gasteiger charge is -2.29. The standard InChI is InChI=1S/C16H23ClN4O3/c1-10-4-2-3-5-12(10)19-16(23)24-11-6-7-21(9-11)13-8-18-20-15(22)14(13)17/h8,10-12H,2-7,9H2,1H3,(H,19,23)(H,20,22)/t10-,11-,12+/m1/s1. The SMILES string of the molecule is C[C@@H]1CCCC[C@@H]1NC(=O)O[C@@H]1CCN(c2cn[nH]c(=O)c2Cl)C1. The summed E-state index contributed by atoms with van der Waals surface area (Å²) < 4.78 is 5.54. The average Bonchev–Trinajstić information content (AvgIpc) is 3.00. The molecule has 7 nitrogen and oxygen atoms in total. The minimum Gasteiger partial charge on any atom is -0.444 e. The molecule has 132 valence electrons. The maximum atomic E-state index is 12.1. The second-order valence-electron chi connectivity index (χ2n) is 6.67. The number of anilines is 1. The number of carbonyl (C=O) groups is 1. The van der Waals surface area contributed by atoms with E-state index in [0.717, 1.165) is 19.3 Å². The zero-order valence-corrected chi connectivity index (χ0v) is 14.5. The van der Waals surface area contributed by atoms with E-state index in [0.29, 0.717) is 31.1 Å². The molecular formula is C16H23ClN4O3. The van der Waals surface area contributed by atoms with Crippen molar-refractivity contribution in [3.05, 3.63) is 21.6 Å². The molecule has 2 N–H and O–H groups in total. The molecule has 8 heteroatoms. The zero-order valence-electron chi connectivity index (χ0n) is 13.8. The van der Waals surface area contributed by atoms with Crippen LogP contribution in [0, 0.1) is 5.92 Å². The van der Waals surface area contributed by atoms with Crippen LogP contribution in [0.4, 0.5) is 10.5 Å². The van der Waals surface area contributed by atoms with E-state index in [1.807, 2.05) is 4.90 Å². The van der Waals surface area contributed by atoms with Gasteiger partial charge in [0, 0.05) is 19.0 Å². The van der Waals surface area contributed by atoms with Gasteiger partial charge in [-0.3, -0.25) is 4.79 Å². The number of hydrogen-bond donors (Lipinski definition) is 2. The topological polar surface area (TPSA) is 87.3 Å². The van der Waals surface area contributed by atoms with Gasteiger partial charge in [-0.25, -0.2) is 9.89 Å². The third kappa shape index (κ3) is 3.83. The van der Waals surface area contributed by atoms with Crippen LogP contribution >= 0.6 is 11.6 Å². The second-order valence-corrected chi connectivity index (χ2v) is 7.05. The van der Waals surface area contributed by atoms with E-state index in [4.69, 9.17) is 16.3 Å². The van der Waals surface area contributed by atoms with Crippen molar-refractivity contribution in [3.8, 4) is 0 Å². The number of aromatic nitrogens is 2. The lowest BCUT2D eigenvalue weighted by Crippen LogP contribution is -2.42. The van der Waals surface area contributed by atoms with Gasteiger partial charge in [0.05, 0.1) is 18.4 Å². The Bertz CT molecular complexity index is 650. The van der Waals surface area contributed by atoms with Crippen molar-refractivity contribution in [1.29, 1.82) is 0 Å². The molecule has 2 aliphatic rings. The number of aromatic amines is 1. The van der Waals surface area contributed by atoms with E-state index in [2.05, 4.69) is 22.4 Å². The molecule has 1 saturated heterocycles. The highest BCUT2D eigenvalue weighted by atomic mass is 35.5. The van der Waals surface area contributed by atoms with E-state index < -0.39 is 5.56 Å². The molecule has 1 aromatic rings. The van der Waals surface area contributed by atoms with Crippen LogP contribution in [0.2, 0.25) is 5.02 Å². The van der Waals surface area contributed by atoms with Gasteiger partial charge in [0.1, 0.15) is 11.1 Å². The molecule has 1 aliphatic heterocycles. The molecule has 0 aromatic carbocycles. The summed E-state index contributed by atoms with van der Waals surface area (Å²) in [6.07, 6.45) is 6.22. The lowest BCUT2D eigenvalue weighted by molar-refractivity contribution is 0.0992. The number of carbonyl (C=O) groups excluding carboxylic acids is 1. The minimum absolute atomic E-state index is 0.117. The van der Waals surface area contributed by atoms with Crippen LogP contribution in [0.3, 0.4) is 0 Å². The van der Waals surface area contributed by atoms with Gasteiger partial charge in [-0.15, -0.1) is 0 Å². The van der Waals surface area contributed by atoms with Crippen LogP contribution in [0.15, 0.2) is 11.0 Å². The van der Waals surface area contributed by atoms with E-state index in [-0.39, 0.29) is 23.3 Å². The fourth-order valence-corrected chi connectivity index (χ4v) is 3.72.